The smallest absolute Gasteiger partial charge is 0.180 e. The zero-order chi connectivity index (χ0) is 23.0. The first-order chi connectivity index (χ1) is 15.3. The summed E-state index contributed by atoms with van der Waals surface area (Å²) >= 11 is 12.2. The molecule has 172 valence electrons. The van der Waals surface area contributed by atoms with Gasteiger partial charge < -0.3 is 25.4 Å². The lowest BCUT2D eigenvalue weighted by molar-refractivity contribution is -0.218. The van der Waals surface area contributed by atoms with Crippen molar-refractivity contribution < 1.29 is 19.7 Å². The topological polar surface area (TPSA) is 141 Å². The SMILES string of the molecule is CCO[C@H]1[C@@H](S)O[C@H](CO)[C@H](O)C1(c1cc(Cl)cnc1C)n1cc(-c2csc(N)n2)nn1. The van der Waals surface area contributed by atoms with Gasteiger partial charge in [0, 0.05) is 29.4 Å². The van der Waals surface area contributed by atoms with Crippen LogP contribution in [-0.2, 0) is 15.0 Å². The molecule has 13 heteroatoms. The summed E-state index contributed by atoms with van der Waals surface area (Å²) in [4.78, 5) is 8.64. The summed E-state index contributed by atoms with van der Waals surface area (Å²) in [5.41, 5.74) is 5.69. The summed E-state index contributed by atoms with van der Waals surface area (Å²) in [6.07, 6.45) is 0.0473. The van der Waals surface area contributed by atoms with Crippen molar-refractivity contribution in [3.63, 3.8) is 0 Å². The Kier molecular flexibility index (Phi) is 6.73. The fourth-order valence-electron chi connectivity index (χ4n) is 4.11. The highest BCUT2D eigenvalue weighted by atomic mass is 35.5. The third-order valence-electron chi connectivity index (χ3n) is 5.48. The molecule has 0 amide bonds. The van der Waals surface area contributed by atoms with Gasteiger partial charge in [0.1, 0.15) is 40.7 Å². The lowest BCUT2D eigenvalue weighted by Crippen LogP contribution is -2.68. The number of hydrogen-bond donors (Lipinski definition) is 4. The van der Waals surface area contributed by atoms with Crippen LogP contribution in [0, 0.1) is 6.92 Å². The molecule has 0 bridgehead atoms. The molecule has 0 spiro atoms. The fraction of sp³-hybridized carbons (Fsp3) is 0.474. The van der Waals surface area contributed by atoms with Gasteiger partial charge in [0.15, 0.2) is 5.13 Å². The second-order valence-electron chi connectivity index (χ2n) is 7.30. The molecule has 4 heterocycles. The molecule has 1 saturated heterocycles. The average molecular weight is 499 g/mol. The molecule has 1 fully saturated rings. The van der Waals surface area contributed by atoms with Gasteiger partial charge in [-0.05, 0) is 19.9 Å². The quantitative estimate of drug-likeness (QED) is 0.372. The maximum atomic E-state index is 11.6. The Hall–Kier alpha value is -1.80. The Morgan fingerprint density at radius 2 is 2.22 bits per heavy atom. The van der Waals surface area contributed by atoms with Crippen LogP contribution in [0.25, 0.3) is 11.4 Å². The van der Waals surface area contributed by atoms with Crippen molar-refractivity contribution in [2.75, 3.05) is 18.9 Å². The second kappa shape index (κ2) is 9.21. The van der Waals surface area contributed by atoms with Crippen LogP contribution in [0.15, 0.2) is 23.8 Å². The van der Waals surface area contributed by atoms with E-state index in [1.165, 1.54) is 22.2 Å². The number of thiol groups is 1. The van der Waals surface area contributed by atoms with Gasteiger partial charge in [-0.25, -0.2) is 9.67 Å². The summed E-state index contributed by atoms with van der Waals surface area (Å²) in [5.74, 6) is 0. The molecule has 4 rings (SSSR count). The molecule has 0 aliphatic carbocycles. The first kappa shape index (κ1) is 23.4. The third kappa shape index (κ3) is 3.79. The van der Waals surface area contributed by atoms with E-state index in [9.17, 15) is 10.2 Å². The summed E-state index contributed by atoms with van der Waals surface area (Å²) in [6, 6.07) is 1.70. The van der Waals surface area contributed by atoms with Crippen LogP contribution in [0.5, 0.6) is 0 Å². The number of nitrogens with two attached hydrogens (primary N) is 1. The lowest BCUT2D eigenvalue weighted by atomic mass is 9.75. The minimum Gasteiger partial charge on any atom is -0.394 e. The number of aromatic nitrogens is 5. The second-order valence-corrected chi connectivity index (χ2v) is 9.13. The molecular formula is C19H23ClN6O4S2. The van der Waals surface area contributed by atoms with E-state index in [0.29, 0.717) is 39.4 Å². The van der Waals surface area contributed by atoms with Gasteiger partial charge in [-0.1, -0.05) is 16.8 Å². The molecule has 4 N–H and O–H groups in total. The third-order valence-corrected chi connectivity index (χ3v) is 6.75. The Balaban J connectivity index is 2.00. The van der Waals surface area contributed by atoms with Crippen molar-refractivity contribution in [1.82, 2.24) is 25.0 Å². The van der Waals surface area contributed by atoms with Crippen LogP contribution in [0.4, 0.5) is 5.13 Å². The Morgan fingerprint density at radius 3 is 2.88 bits per heavy atom. The minimum atomic E-state index is -1.41. The number of hydrogen-bond acceptors (Lipinski definition) is 11. The van der Waals surface area contributed by atoms with E-state index in [2.05, 4.69) is 32.9 Å². The summed E-state index contributed by atoms with van der Waals surface area (Å²) in [7, 11) is 0. The van der Waals surface area contributed by atoms with Gasteiger partial charge in [0.25, 0.3) is 0 Å². The van der Waals surface area contributed by atoms with Crippen molar-refractivity contribution in [1.29, 1.82) is 0 Å². The number of ether oxygens (including phenoxy) is 2. The first-order valence-electron chi connectivity index (χ1n) is 9.83. The Morgan fingerprint density at radius 1 is 1.44 bits per heavy atom. The Labute approximate surface area is 198 Å². The normalized spacial score (nSPS) is 28.2. The number of rotatable bonds is 6. The number of aryl methyl sites for hydroxylation is 1. The van der Waals surface area contributed by atoms with Crippen LogP contribution < -0.4 is 5.73 Å². The highest BCUT2D eigenvalue weighted by Crippen LogP contribution is 2.45. The average Bonchev–Trinajstić information content (AvgIpc) is 3.42. The number of aliphatic hydroxyl groups is 2. The highest BCUT2D eigenvalue weighted by molar-refractivity contribution is 7.80. The van der Waals surface area contributed by atoms with E-state index in [4.69, 9.17) is 26.8 Å². The maximum absolute atomic E-state index is 11.6. The highest BCUT2D eigenvalue weighted by Gasteiger charge is 2.60. The number of nitrogen functional groups attached to an aromatic ring is 1. The van der Waals surface area contributed by atoms with Gasteiger partial charge in [-0.15, -0.1) is 29.1 Å². The van der Waals surface area contributed by atoms with E-state index in [-0.39, 0.29) is 0 Å². The van der Waals surface area contributed by atoms with Crippen LogP contribution in [0.1, 0.15) is 18.2 Å². The van der Waals surface area contributed by atoms with Gasteiger partial charge in [-0.2, -0.15) is 0 Å². The molecule has 32 heavy (non-hydrogen) atoms. The molecule has 1 aliphatic rings. The van der Waals surface area contributed by atoms with Gasteiger partial charge in [0.05, 0.1) is 17.8 Å². The molecule has 0 saturated carbocycles. The molecule has 3 aromatic rings. The molecule has 1 aliphatic heterocycles. The number of pyridine rings is 1. The number of anilines is 1. The predicted octanol–water partition coefficient (Wildman–Crippen LogP) is 1.50. The number of halogens is 1. The maximum Gasteiger partial charge on any atom is 0.180 e. The minimum absolute atomic E-state index is 0.306. The van der Waals surface area contributed by atoms with E-state index in [1.807, 2.05) is 6.92 Å². The van der Waals surface area contributed by atoms with Crippen LogP contribution in [-0.4, -0.2) is 72.1 Å². The van der Waals surface area contributed by atoms with Crippen molar-refractivity contribution in [3.05, 3.63) is 40.1 Å². The predicted molar refractivity (Wildman–Crippen MR) is 123 cm³/mol. The van der Waals surface area contributed by atoms with Crippen molar-refractivity contribution >= 4 is 40.7 Å². The standard InChI is InChI=1S/C19H23ClN6O4S2/c1-3-29-16-17(31)30-14(7-27)15(28)19(16,11-4-10(20)5-22-9(11)2)26-6-12(24-25-26)13-8-32-18(21)23-13/h4-6,8,14-17,27-28,31H,3,7H2,1-2H3,(H2,21,23)/t14-,15+,16+,17-,19?/m1/s1. The van der Waals surface area contributed by atoms with Gasteiger partial charge in [-0.3, -0.25) is 4.98 Å². The summed E-state index contributed by atoms with van der Waals surface area (Å²) in [5, 5.41) is 32.7. The largest absolute Gasteiger partial charge is 0.394 e. The lowest BCUT2D eigenvalue weighted by Gasteiger charge is -2.51. The number of nitrogens with zero attached hydrogens (tertiary/aromatic N) is 5. The van der Waals surface area contributed by atoms with Gasteiger partial charge in [0.2, 0.25) is 0 Å². The van der Waals surface area contributed by atoms with Crippen LogP contribution >= 0.6 is 35.6 Å². The zero-order valence-electron chi connectivity index (χ0n) is 17.3. The molecule has 0 radical (unpaired) electrons. The molecular weight excluding hydrogens is 476 g/mol. The number of aliphatic hydroxyl groups excluding tert-OH is 2. The molecule has 0 aromatic carbocycles. The van der Waals surface area contributed by atoms with Crippen LogP contribution in [0.3, 0.4) is 0 Å². The van der Waals surface area contributed by atoms with Crippen molar-refractivity contribution in [2.45, 2.75) is 43.1 Å². The number of thiazole rings is 1. The summed E-state index contributed by atoms with van der Waals surface area (Å²) in [6.45, 7) is 3.47. The first-order valence-corrected chi connectivity index (χ1v) is 11.6. The van der Waals surface area contributed by atoms with E-state index in [1.54, 1.807) is 24.6 Å². The van der Waals surface area contributed by atoms with E-state index < -0.39 is 35.9 Å². The molecule has 1 unspecified atom stereocenters. The van der Waals surface area contributed by atoms with Crippen molar-refractivity contribution in [2.24, 2.45) is 0 Å². The van der Waals surface area contributed by atoms with Crippen LogP contribution in [0.2, 0.25) is 5.02 Å². The molecule has 3 aromatic heterocycles. The summed E-state index contributed by atoms with van der Waals surface area (Å²) < 4.78 is 13.3. The van der Waals surface area contributed by atoms with E-state index >= 15 is 0 Å². The van der Waals surface area contributed by atoms with Crippen molar-refractivity contribution in [3.8, 4) is 11.4 Å². The van der Waals surface area contributed by atoms with Gasteiger partial charge >= 0.3 is 0 Å². The Bertz CT molecular complexity index is 1100. The van der Waals surface area contributed by atoms with E-state index in [0.717, 1.165) is 0 Å². The fourth-order valence-corrected chi connectivity index (χ4v) is 5.29. The monoisotopic (exact) mass is 498 g/mol. The molecule has 5 atom stereocenters. The zero-order valence-corrected chi connectivity index (χ0v) is 19.8. The molecule has 10 nitrogen and oxygen atoms in total.